The Morgan fingerprint density at radius 3 is 2.55 bits per heavy atom. The van der Waals surface area contributed by atoms with Crippen LogP contribution in [0.3, 0.4) is 0 Å². The van der Waals surface area contributed by atoms with E-state index in [9.17, 15) is 9.00 Å². The molecule has 1 aliphatic rings. The molecule has 0 aliphatic heterocycles. The third-order valence-corrected chi connectivity index (χ3v) is 4.00. The van der Waals surface area contributed by atoms with Crippen LogP contribution in [0.25, 0.3) is 0 Å². The zero-order valence-corrected chi connectivity index (χ0v) is 7.26. The van der Waals surface area contributed by atoms with Gasteiger partial charge in [0.1, 0.15) is 5.25 Å². The molecular formula is C7H12O3S. The lowest BCUT2D eigenvalue weighted by Gasteiger charge is -2.07. The van der Waals surface area contributed by atoms with Crippen molar-refractivity contribution in [3.05, 3.63) is 0 Å². The van der Waals surface area contributed by atoms with Crippen LogP contribution in [0.2, 0.25) is 0 Å². The third-order valence-electron chi connectivity index (χ3n) is 1.78. The van der Waals surface area contributed by atoms with Crippen molar-refractivity contribution >= 4 is 16.8 Å². The molecule has 1 rings (SSSR count). The van der Waals surface area contributed by atoms with Crippen LogP contribution in [0, 0.1) is 0 Å². The summed E-state index contributed by atoms with van der Waals surface area (Å²) in [6, 6.07) is 0. The standard InChI is InChI=1S/C7H12O3S/c1-2-6(7(8)9)11(10)5-3-4-5/h5-6H,2-4H2,1H3,(H,8,9). The Labute approximate surface area is 68.3 Å². The Balaban J connectivity index is 2.52. The number of carbonyl (C=O) groups is 1. The Morgan fingerprint density at radius 1 is 1.73 bits per heavy atom. The summed E-state index contributed by atoms with van der Waals surface area (Å²) in [6.45, 7) is 1.76. The van der Waals surface area contributed by atoms with Gasteiger partial charge in [-0.15, -0.1) is 0 Å². The monoisotopic (exact) mass is 176 g/mol. The number of rotatable bonds is 4. The molecule has 0 bridgehead atoms. The normalized spacial score (nSPS) is 22.6. The minimum absolute atomic E-state index is 0.177. The highest BCUT2D eigenvalue weighted by Gasteiger charge is 2.35. The predicted molar refractivity (Wildman–Crippen MR) is 42.9 cm³/mol. The number of aliphatic carboxylic acids is 1. The van der Waals surface area contributed by atoms with E-state index in [-0.39, 0.29) is 5.25 Å². The quantitative estimate of drug-likeness (QED) is 0.688. The van der Waals surface area contributed by atoms with Crippen molar-refractivity contribution in [1.82, 2.24) is 0 Å². The Morgan fingerprint density at radius 2 is 2.27 bits per heavy atom. The van der Waals surface area contributed by atoms with E-state index in [0.29, 0.717) is 6.42 Å². The molecule has 0 heterocycles. The molecule has 4 heteroatoms. The van der Waals surface area contributed by atoms with Crippen molar-refractivity contribution in [1.29, 1.82) is 0 Å². The highest BCUT2D eigenvalue weighted by atomic mass is 32.2. The van der Waals surface area contributed by atoms with Crippen molar-refractivity contribution in [2.45, 2.75) is 36.7 Å². The lowest BCUT2D eigenvalue weighted by molar-refractivity contribution is -0.136. The molecular weight excluding hydrogens is 164 g/mol. The molecule has 2 atom stereocenters. The van der Waals surface area contributed by atoms with Gasteiger partial charge in [0.25, 0.3) is 0 Å². The summed E-state index contributed by atoms with van der Waals surface area (Å²) in [5, 5.41) is 8.17. The second-order valence-electron chi connectivity index (χ2n) is 2.76. The van der Waals surface area contributed by atoms with Crippen molar-refractivity contribution in [2.24, 2.45) is 0 Å². The van der Waals surface area contributed by atoms with Gasteiger partial charge in [0.05, 0.1) is 0 Å². The molecule has 11 heavy (non-hydrogen) atoms. The summed E-state index contributed by atoms with van der Waals surface area (Å²) >= 11 is 0. The average Bonchev–Trinajstić information content (AvgIpc) is 2.68. The van der Waals surface area contributed by atoms with E-state index in [1.807, 2.05) is 0 Å². The van der Waals surface area contributed by atoms with Crippen LogP contribution in [-0.4, -0.2) is 25.8 Å². The lowest BCUT2D eigenvalue weighted by atomic mass is 10.3. The van der Waals surface area contributed by atoms with Crippen LogP contribution < -0.4 is 0 Å². The zero-order chi connectivity index (χ0) is 8.43. The summed E-state index contributed by atoms with van der Waals surface area (Å²) in [7, 11) is -1.13. The number of hydrogen-bond acceptors (Lipinski definition) is 2. The van der Waals surface area contributed by atoms with Gasteiger partial charge >= 0.3 is 5.97 Å². The van der Waals surface area contributed by atoms with Gasteiger partial charge in [0.15, 0.2) is 0 Å². The van der Waals surface area contributed by atoms with Crippen molar-refractivity contribution in [3.63, 3.8) is 0 Å². The summed E-state index contributed by atoms with van der Waals surface area (Å²) in [5.74, 6) is -0.919. The molecule has 64 valence electrons. The summed E-state index contributed by atoms with van der Waals surface area (Å²) in [5.41, 5.74) is 0. The Hall–Kier alpha value is -0.380. The highest BCUT2D eigenvalue weighted by Crippen LogP contribution is 2.29. The number of carboxylic acids is 1. The molecule has 0 spiro atoms. The maximum Gasteiger partial charge on any atom is 0.319 e. The summed E-state index contributed by atoms with van der Waals surface area (Å²) in [4.78, 5) is 10.5. The van der Waals surface area contributed by atoms with Crippen molar-refractivity contribution < 1.29 is 14.1 Å². The first-order valence-corrected chi connectivity index (χ1v) is 5.06. The van der Waals surface area contributed by atoms with Gasteiger partial charge in [-0.05, 0) is 19.3 Å². The second kappa shape index (κ2) is 3.34. The third kappa shape index (κ3) is 2.02. The van der Waals surface area contributed by atoms with Crippen LogP contribution in [0.5, 0.6) is 0 Å². The van der Waals surface area contributed by atoms with E-state index in [1.165, 1.54) is 0 Å². The van der Waals surface area contributed by atoms with E-state index < -0.39 is 22.0 Å². The van der Waals surface area contributed by atoms with E-state index in [0.717, 1.165) is 12.8 Å². The zero-order valence-electron chi connectivity index (χ0n) is 6.45. The van der Waals surface area contributed by atoms with Gasteiger partial charge in [0, 0.05) is 16.0 Å². The van der Waals surface area contributed by atoms with Gasteiger partial charge < -0.3 is 5.11 Å². The van der Waals surface area contributed by atoms with Gasteiger partial charge in [-0.2, -0.15) is 0 Å². The first kappa shape index (κ1) is 8.71. The van der Waals surface area contributed by atoms with Crippen molar-refractivity contribution in [2.75, 3.05) is 0 Å². The van der Waals surface area contributed by atoms with Crippen molar-refractivity contribution in [3.8, 4) is 0 Å². The van der Waals surface area contributed by atoms with Crippen LogP contribution in [0.4, 0.5) is 0 Å². The fraction of sp³-hybridized carbons (Fsp3) is 0.857. The molecule has 0 saturated heterocycles. The molecule has 0 radical (unpaired) electrons. The smallest absolute Gasteiger partial charge is 0.319 e. The molecule has 0 aromatic heterocycles. The molecule has 1 saturated carbocycles. The minimum atomic E-state index is -1.13. The first-order valence-electron chi connectivity index (χ1n) is 3.79. The van der Waals surface area contributed by atoms with E-state index in [1.54, 1.807) is 6.92 Å². The van der Waals surface area contributed by atoms with Crippen LogP contribution in [-0.2, 0) is 15.6 Å². The van der Waals surface area contributed by atoms with E-state index in [4.69, 9.17) is 5.11 Å². The average molecular weight is 176 g/mol. The lowest BCUT2D eigenvalue weighted by Crippen LogP contribution is -2.26. The van der Waals surface area contributed by atoms with Crippen LogP contribution in [0.1, 0.15) is 26.2 Å². The maximum atomic E-state index is 11.3. The first-order chi connectivity index (χ1) is 5.16. The highest BCUT2D eigenvalue weighted by molar-refractivity contribution is 7.87. The predicted octanol–water partition coefficient (Wildman–Crippen LogP) is 0.761. The number of carboxylic acid groups (broad SMARTS) is 1. The van der Waals surface area contributed by atoms with Crippen LogP contribution >= 0.6 is 0 Å². The Bertz CT molecular complexity index is 186. The molecule has 0 aromatic carbocycles. The molecule has 1 N–H and O–H groups in total. The Kier molecular flexibility index (Phi) is 2.65. The SMILES string of the molecule is CCC(C(=O)O)S(=O)C1CC1. The van der Waals surface area contributed by atoms with E-state index in [2.05, 4.69) is 0 Å². The second-order valence-corrected chi connectivity index (χ2v) is 4.66. The van der Waals surface area contributed by atoms with Crippen LogP contribution in [0.15, 0.2) is 0 Å². The molecule has 3 nitrogen and oxygen atoms in total. The molecule has 0 aromatic rings. The fourth-order valence-corrected chi connectivity index (χ4v) is 2.56. The van der Waals surface area contributed by atoms with Gasteiger partial charge in [-0.3, -0.25) is 9.00 Å². The minimum Gasteiger partial charge on any atom is -0.480 e. The summed E-state index contributed by atoms with van der Waals surface area (Å²) < 4.78 is 11.3. The topological polar surface area (TPSA) is 54.4 Å². The van der Waals surface area contributed by atoms with Gasteiger partial charge in [0.2, 0.25) is 0 Å². The molecule has 1 fully saturated rings. The molecule has 1 aliphatic carbocycles. The van der Waals surface area contributed by atoms with E-state index >= 15 is 0 Å². The molecule has 0 amide bonds. The molecule has 2 unspecified atom stereocenters. The largest absolute Gasteiger partial charge is 0.480 e. The fourth-order valence-electron chi connectivity index (χ4n) is 0.971. The summed E-state index contributed by atoms with van der Waals surface area (Å²) in [6.07, 6.45) is 2.35. The van der Waals surface area contributed by atoms with Gasteiger partial charge in [-0.25, -0.2) is 0 Å². The maximum absolute atomic E-state index is 11.3. The number of hydrogen-bond donors (Lipinski definition) is 1. The van der Waals surface area contributed by atoms with Gasteiger partial charge in [-0.1, -0.05) is 6.92 Å².